The number of rotatable bonds is 0. The standard InChI is InChI=1S/C13H20N2O3/c1-13(2,3)18-12(17)15-8-4-5-10(15)9(7-14)11(16)6-8/h8-11,16H,4-6H2,1-3H3. The quantitative estimate of drug-likeness (QED) is 0.711. The lowest BCUT2D eigenvalue weighted by Crippen LogP contribution is -2.54. The highest BCUT2D eigenvalue weighted by atomic mass is 16.6. The minimum absolute atomic E-state index is 0.0180. The van der Waals surface area contributed by atoms with Crippen LogP contribution in [-0.4, -0.2) is 39.9 Å². The van der Waals surface area contributed by atoms with Crippen LogP contribution in [0.3, 0.4) is 0 Å². The summed E-state index contributed by atoms with van der Waals surface area (Å²) < 4.78 is 5.38. The predicted molar refractivity (Wildman–Crippen MR) is 64.6 cm³/mol. The molecule has 4 unspecified atom stereocenters. The Hall–Kier alpha value is -1.28. The molecule has 0 aromatic rings. The number of ether oxygens (including phenoxy) is 1. The summed E-state index contributed by atoms with van der Waals surface area (Å²) in [6, 6.07) is 1.95. The SMILES string of the molecule is CC(C)(C)OC(=O)N1C2CCC1C(C#N)C(O)C2. The second-order valence-electron chi connectivity index (χ2n) is 6.14. The first-order chi connectivity index (χ1) is 8.33. The van der Waals surface area contributed by atoms with E-state index in [1.54, 1.807) is 4.90 Å². The molecule has 0 aromatic carbocycles. The first-order valence-corrected chi connectivity index (χ1v) is 6.42. The van der Waals surface area contributed by atoms with Crippen molar-refractivity contribution in [3.05, 3.63) is 0 Å². The number of hydrogen-bond donors (Lipinski definition) is 1. The summed E-state index contributed by atoms with van der Waals surface area (Å²) in [5.74, 6) is -0.490. The number of nitriles is 1. The van der Waals surface area contributed by atoms with Crippen molar-refractivity contribution < 1.29 is 14.6 Å². The summed E-state index contributed by atoms with van der Waals surface area (Å²) in [6.45, 7) is 5.48. The average molecular weight is 252 g/mol. The van der Waals surface area contributed by atoms with Crippen LogP contribution in [0.2, 0.25) is 0 Å². The minimum Gasteiger partial charge on any atom is -0.444 e. The van der Waals surface area contributed by atoms with Crippen molar-refractivity contribution in [2.45, 2.75) is 63.8 Å². The Kier molecular flexibility index (Phi) is 3.24. The van der Waals surface area contributed by atoms with Crippen LogP contribution >= 0.6 is 0 Å². The van der Waals surface area contributed by atoms with E-state index < -0.39 is 17.6 Å². The molecule has 0 spiro atoms. The molecule has 2 rings (SSSR count). The summed E-state index contributed by atoms with van der Waals surface area (Å²) in [6.07, 6.45) is 1.13. The zero-order valence-electron chi connectivity index (χ0n) is 11.1. The number of aliphatic hydroxyl groups excluding tert-OH is 1. The molecule has 5 heteroatoms. The Morgan fingerprint density at radius 3 is 2.67 bits per heavy atom. The average Bonchev–Trinajstić information content (AvgIpc) is 2.53. The molecule has 0 aromatic heterocycles. The first kappa shape index (κ1) is 13.2. The van der Waals surface area contributed by atoms with Crippen LogP contribution in [0, 0.1) is 17.2 Å². The number of fused-ring (bicyclic) bond motifs is 2. The number of piperidine rings is 1. The zero-order valence-corrected chi connectivity index (χ0v) is 11.1. The highest BCUT2D eigenvalue weighted by Gasteiger charge is 2.50. The molecule has 1 amide bonds. The van der Waals surface area contributed by atoms with Gasteiger partial charge in [0.15, 0.2) is 0 Å². The molecule has 0 saturated carbocycles. The number of carbonyl (C=O) groups is 1. The number of hydrogen-bond acceptors (Lipinski definition) is 4. The molecule has 2 heterocycles. The van der Waals surface area contributed by atoms with E-state index in [2.05, 4.69) is 6.07 Å². The van der Waals surface area contributed by atoms with E-state index >= 15 is 0 Å². The van der Waals surface area contributed by atoms with Crippen LogP contribution in [0.4, 0.5) is 4.79 Å². The summed E-state index contributed by atoms with van der Waals surface area (Å²) in [4.78, 5) is 13.8. The molecule has 100 valence electrons. The highest BCUT2D eigenvalue weighted by molar-refractivity contribution is 5.70. The van der Waals surface area contributed by atoms with Crippen molar-refractivity contribution in [1.29, 1.82) is 5.26 Å². The Morgan fingerprint density at radius 2 is 2.11 bits per heavy atom. The molecule has 0 radical (unpaired) electrons. The normalized spacial score (nSPS) is 35.2. The lowest BCUT2D eigenvalue weighted by molar-refractivity contribution is -0.0251. The smallest absolute Gasteiger partial charge is 0.410 e. The third kappa shape index (κ3) is 2.30. The summed E-state index contributed by atoms with van der Waals surface area (Å²) in [5.41, 5.74) is -0.533. The lowest BCUT2D eigenvalue weighted by atomic mass is 9.89. The van der Waals surface area contributed by atoms with Crippen LogP contribution in [-0.2, 0) is 4.74 Å². The van der Waals surface area contributed by atoms with Crippen molar-refractivity contribution in [2.24, 2.45) is 5.92 Å². The van der Waals surface area contributed by atoms with Gasteiger partial charge in [0, 0.05) is 6.04 Å². The van der Waals surface area contributed by atoms with Crippen molar-refractivity contribution in [3.63, 3.8) is 0 Å². The van der Waals surface area contributed by atoms with Gasteiger partial charge in [-0.3, -0.25) is 0 Å². The second kappa shape index (κ2) is 4.43. The Bertz CT molecular complexity index is 383. The first-order valence-electron chi connectivity index (χ1n) is 6.42. The fraction of sp³-hybridized carbons (Fsp3) is 0.846. The fourth-order valence-corrected chi connectivity index (χ4v) is 2.95. The van der Waals surface area contributed by atoms with Crippen LogP contribution in [0.25, 0.3) is 0 Å². The van der Waals surface area contributed by atoms with E-state index in [1.807, 2.05) is 20.8 Å². The van der Waals surface area contributed by atoms with E-state index in [4.69, 9.17) is 10.00 Å². The predicted octanol–water partition coefficient (Wildman–Crippen LogP) is 1.66. The molecular weight excluding hydrogens is 232 g/mol. The van der Waals surface area contributed by atoms with Gasteiger partial charge >= 0.3 is 6.09 Å². The van der Waals surface area contributed by atoms with Gasteiger partial charge in [0.05, 0.1) is 24.1 Å². The monoisotopic (exact) mass is 252 g/mol. The molecule has 1 N–H and O–H groups in total. The van der Waals surface area contributed by atoms with E-state index in [9.17, 15) is 9.90 Å². The van der Waals surface area contributed by atoms with E-state index in [0.29, 0.717) is 6.42 Å². The third-order valence-corrected chi connectivity index (χ3v) is 3.64. The van der Waals surface area contributed by atoms with E-state index in [1.165, 1.54) is 0 Å². The van der Waals surface area contributed by atoms with Crippen LogP contribution < -0.4 is 0 Å². The topological polar surface area (TPSA) is 73.6 Å². The second-order valence-corrected chi connectivity index (χ2v) is 6.14. The van der Waals surface area contributed by atoms with Crippen LogP contribution in [0.1, 0.15) is 40.0 Å². The molecule has 18 heavy (non-hydrogen) atoms. The van der Waals surface area contributed by atoms with Crippen molar-refractivity contribution in [1.82, 2.24) is 4.90 Å². The van der Waals surface area contributed by atoms with Crippen molar-refractivity contribution >= 4 is 6.09 Å². The molecule has 5 nitrogen and oxygen atoms in total. The van der Waals surface area contributed by atoms with Crippen molar-refractivity contribution in [3.8, 4) is 6.07 Å². The van der Waals surface area contributed by atoms with Gasteiger partial charge in [-0.2, -0.15) is 5.26 Å². The number of aliphatic hydroxyl groups is 1. The number of carbonyl (C=O) groups excluding carboxylic acids is 1. The summed E-state index contributed by atoms with van der Waals surface area (Å²) >= 11 is 0. The van der Waals surface area contributed by atoms with Gasteiger partial charge in [-0.25, -0.2) is 4.79 Å². The molecule has 2 bridgehead atoms. The molecule has 2 saturated heterocycles. The molecule has 4 atom stereocenters. The van der Waals surface area contributed by atoms with E-state index in [0.717, 1.165) is 12.8 Å². The van der Waals surface area contributed by atoms with Crippen molar-refractivity contribution in [2.75, 3.05) is 0 Å². The lowest BCUT2D eigenvalue weighted by Gasteiger charge is -2.40. The van der Waals surface area contributed by atoms with Gasteiger partial charge in [-0.15, -0.1) is 0 Å². The Labute approximate surface area is 107 Å². The highest BCUT2D eigenvalue weighted by Crippen LogP contribution is 2.39. The largest absolute Gasteiger partial charge is 0.444 e. The van der Waals surface area contributed by atoms with E-state index in [-0.39, 0.29) is 18.2 Å². The zero-order chi connectivity index (χ0) is 13.5. The molecular formula is C13H20N2O3. The van der Waals surface area contributed by atoms with Gasteiger partial charge < -0.3 is 14.7 Å². The fourth-order valence-electron chi connectivity index (χ4n) is 2.95. The Morgan fingerprint density at radius 1 is 1.44 bits per heavy atom. The van der Waals surface area contributed by atoms with Gasteiger partial charge in [0.1, 0.15) is 5.60 Å². The van der Waals surface area contributed by atoms with Crippen LogP contribution in [0.5, 0.6) is 0 Å². The van der Waals surface area contributed by atoms with Crippen LogP contribution in [0.15, 0.2) is 0 Å². The maximum atomic E-state index is 12.2. The number of amides is 1. The molecule has 2 aliphatic heterocycles. The van der Waals surface area contributed by atoms with Gasteiger partial charge in [0.2, 0.25) is 0 Å². The molecule has 0 aliphatic carbocycles. The van der Waals surface area contributed by atoms with Gasteiger partial charge in [-0.05, 0) is 40.0 Å². The van der Waals surface area contributed by atoms with Gasteiger partial charge in [0.25, 0.3) is 0 Å². The Balaban J connectivity index is 2.15. The van der Waals surface area contributed by atoms with Gasteiger partial charge in [-0.1, -0.05) is 0 Å². The summed E-state index contributed by atoms with van der Waals surface area (Å²) in [5, 5.41) is 19.0. The minimum atomic E-state index is -0.619. The maximum absolute atomic E-state index is 12.2. The molecule has 2 fully saturated rings. The molecule has 2 aliphatic rings. The number of nitrogens with zero attached hydrogens (tertiary/aromatic N) is 2. The third-order valence-electron chi connectivity index (χ3n) is 3.64. The maximum Gasteiger partial charge on any atom is 0.410 e. The summed E-state index contributed by atoms with van der Waals surface area (Å²) in [7, 11) is 0.